The summed E-state index contributed by atoms with van der Waals surface area (Å²) in [4.78, 5) is 2.30. The van der Waals surface area contributed by atoms with Crippen molar-refractivity contribution in [2.24, 2.45) is 5.73 Å². The molecule has 8 heavy (non-hydrogen) atoms. The number of piperidine rings is 1. The highest BCUT2D eigenvalue weighted by molar-refractivity contribution is 4.60. The summed E-state index contributed by atoms with van der Waals surface area (Å²) in [5, 5.41) is 0. The monoisotopic (exact) mass is 114 g/mol. The zero-order valence-electron chi connectivity index (χ0n) is 5.27. The van der Waals surface area contributed by atoms with Crippen molar-refractivity contribution >= 4 is 0 Å². The molecule has 1 saturated heterocycles. The van der Waals surface area contributed by atoms with E-state index in [-0.39, 0.29) is 0 Å². The minimum Gasteiger partial charge on any atom is -0.318 e. The fourth-order valence-corrected chi connectivity index (χ4v) is 1.14. The van der Waals surface area contributed by atoms with E-state index in [1.165, 1.54) is 32.4 Å². The van der Waals surface area contributed by atoms with Crippen molar-refractivity contribution < 1.29 is 0 Å². The van der Waals surface area contributed by atoms with Crippen molar-refractivity contribution in [3.05, 3.63) is 0 Å². The summed E-state index contributed by atoms with van der Waals surface area (Å²) in [6, 6.07) is 0. The van der Waals surface area contributed by atoms with Crippen LogP contribution in [0, 0.1) is 0 Å². The van der Waals surface area contributed by atoms with E-state index >= 15 is 0 Å². The summed E-state index contributed by atoms with van der Waals surface area (Å²) in [5.74, 6) is 0. The average Bonchev–Trinajstić information content (AvgIpc) is 1.90. The van der Waals surface area contributed by atoms with Gasteiger partial charge in [0.05, 0.1) is 0 Å². The Morgan fingerprint density at radius 2 is 1.75 bits per heavy atom. The lowest BCUT2D eigenvalue weighted by atomic mass is 10.1. The predicted octanol–water partition coefficient (Wildman–Crippen LogP) is 0.388. The van der Waals surface area contributed by atoms with E-state index in [2.05, 4.69) is 4.90 Å². The maximum absolute atomic E-state index is 5.43. The first kappa shape index (κ1) is 6.05. The van der Waals surface area contributed by atoms with Crippen molar-refractivity contribution in [1.29, 1.82) is 0 Å². The molecule has 0 bridgehead atoms. The average molecular weight is 114 g/mol. The topological polar surface area (TPSA) is 29.3 Å². The van der Waals surface area contributed by atoms with Crippen LogP contribution in [0.15, 0.2) is 0 Å². The van der Waals surface area contributed by atoms with Crippen molar-refractivity contribution in [2.75, 3.05) is 19.8 Å². The molecule has 0 saturated carbocycles. The molecule has 1 aliphatic heterocycles. The van der Waals surface area contributed by atoms with Gasteiger partial charge in [0.25, 0.3) is 0 Å². The summed E-state index contributed by atoms with van der Waals surface area (Å²) in [5.41, 5.74) is 5.43. The quantitative estimate of drug-likeness (QED) is 0.534. The third kappa shape index (κ3) is 1.46. The minimum absolute atomic E-state index is 0.750. The van der Waals surface area contributed by atoms with Crippen LogP contribution in [0.2, 0.25) is 0 Å². The van der Waals surface area contributed by atoms with E-state index in [1.54, 1.807) is 0 Å². The number of rotatable bonds is 1. The fourth-order valence-electron chi connectivity index (χ4n) is 1.14. The lowest BCUT2D eigenvalue weighted by Gasteiger charge is -2.23. The van der Waals surface area contributed by atoms with Gasteiger partial charge in [-0.1, -0.05) is 6.42 Å². The number of hydrogen-bond acceptors (Lipinski definition) is 2. The van der Waals surface area contributed by atoms with E-state index < -0.39 is 0 Å². The van der Waals surface area contributed by atoms with Gasteiger partial charge in [-0.2, -0.15) is 0 Å². The molecule has 0 amide bonds. The molecule has 0 atom stereocenters. The number of nitrogens with zero attached hydrogens (tertiary/aromatic N) is 1. The van der Waals surface area contributed by atoms with Crippen molar-refractivity contribution in [2.45, 2.75) is 19.3 Å². The maximum Gasteiger partial charge on any atom is 0.0455 e. The Bertz CT molecular complexity index is 57.5. The third-order valence-electron chi connectivity index (χ3n) is 1.71. The normalized spacial score (nSPS) is 23.6. The van der Waals surface area contributed by atoms with E-state index in [0.29, 0.717) is 0 Å². The van der Waals surface area contributed by atoms with Gasteiger partial charge in [-0.3, -0.25) is 4.90 Å². The van der Waals surface area contributed by atoms with E-state index in [1.807, 2.05) is 0 Å². The first-order valence-corrected chi connectivity index (χ1v) is 3.36. The molecule has 2 N–H and O–H groups in total. The third-order valence-corrected chi connectivity index (χ3v) is 1.71. The summed E-state index contributed by atoms with van der Waals surface area (Å²) in [6.07, 6.45) is 4.09. The molecule has 1 aliphatic rings. The molecule has 1 rings (SSSR count). The number of likely N-dealkylation sites (tertiary alicyclic amines) is 1. The van der Waals surface area contributed by atoms with Gasteiger partial charge in [-0.05, 0) is 25.9 Å². The number of hydrogen-bond donors (Lipinski definition) is 1. The lowest BCUT2D eigenvalue weighted by molar-refractivity contribution is 0.235. The maximum atomic E-state index is 5.43. The Balaban J connectivity index is 2.13. The molecule has 1 heterocycles. The second-order valence-electron chi connectivity index (χ2n) is 2.36. The highest BCUT2D eigenvalue weighted by Crippen LogP contribution is 2.05. The first-order chi connectivity index (χ1) is 3.93. The predicted molar refractivity (Wildman–Crippen MR) is 34.5 cm³/mol. The first-order valence-electron chi connectivity index (χ1n) is 3.36. The Labute approximate surface area is 50.7 Å². The summed E-state index contributed by atoms with van der Waals surface area (Å²) in [6.45, 7) is 3.19. The van der Waals surface area contributed by atoms with Crippen LogP contribution in [0.1, 0.15) is 19.3 Å². The molecular weight excluding hydrogens is 100 g/mol. The zero-order chi connectivity index (χ0) is 5.82. The smallest absolute Gasteiger partial charge is 0.0455 e. The van der Waals surface area contributed by atoms with E-state index in [9.17, 15) is 0 Å². The molecule has 0 spiro atoms. The van der Waals surface area contributed by atoms with Gasteiger partial charge in [0.2, 0.25) is 0 Å². The van der Waals surface area contributed by atoms with Gasteiger partial charge >= 0.3 is 0 Å². The van der Waals surface area contributed by atoms with Crippen LogP contribution < -0.4 is 5.73 Å². The summed E-state index contributed by atoms with van der Waals surface area (Å²) >= 11 is 0. The van der Waals surface area contributed by atoms with Crippen LogP contribution >= 0.6 is 0 Å². The van der Waals surface area contributed by atoms with Crippen molar-refractivity contribution in [1.82, 2.24) is 4.90 Å². The van der Waals surface area contributed by atoms with E-state index in [0.717, 1.165) is 6.67 Å². The Hall–Kier alpha value is -0.0800. The SMILES string of the molecule is NCN1CCCCC1. The Morgan fingerprint density at radius 3 is 2.12 bits per heavy atom. The number of nitrogens with two attached hydrogens (primary N) is 1. The molecule has 2 nitrogen and oxygen atoms in total. The van der Waals surface area contributed by atoms with Gasteiger partial charge in [-0.15, -0.1) is 0 Å². The van der Waals surface area contributed by atoms with Crippen LogP contribution in [-0.2, 0) is 0 Å². The van der Waals surface area contributed by atoms with Gasteiger partial charge in [0.1, 0.15) is 0 Å². The van der Waals surface area contributed by atoms with Crippen LogP contribution in [0.25, 0.3) is 0 Å². The molecule has 0 aromatic carbocycles. The molecule has 0 unspecified atom stereocenters. The fraction of sp³-hybridized carbons (Fsp3) is 1.00. The molecule has 0 aromatic heterocycles. The van der Waals surface area contributed by atoms with Crippen molar-refractivity contribution in [3.8, 4) is 0 Å². The second kappa shape index (κ2) is 3.05. The molecule has 1 fully saturated rings. The molecule has 2 heteroatoms. The summed E-state index contributed by atoms with van der Waals surface area (Å²) < 4.78 is 0. The second-order valence-corrected chi connectivity index (χ2v) is 2.36. The molecule has 0 radical (unpaired) electrons. The van der Waals surface area contributed by atoms with Crippen LogP contribution in [0.5, 0.6) is 0 Å². The van der Waals surface area contributed by atoms with Gasteiger partial charge < -0.3 is 5.73 Å². The molecule has 48 valence electrons. The van der Waals surface area contributed by atoms with Crippen LogP contribution in [0.3, 0.4) is 0 Å². The van der Waals surface area contributed by atoms with E-state index in [4.69, 9.17) is 5.73 Å². The zero-order valence-corrected chi connectivity index (χ0v) is 5.27. The standard InChI is InChI=1S/C6H14N2/c7-6-8-4-2-1-3-5-8/h1-7H2. The minimum atomic E-state index is 0.750. The van der Waals surface area contributed by atoms with Crippen LogP contribution in [0.4, 0.5) is 0 Å². The molecule has 0 aromatic rings. The lowest BCUT2D eigenvalue weighted by Crippen LogP contribution is -2.34. The van der Waals surface area contributed by atoms with Gasteiger partial charge in [-0.25, -0.2) is 0 Å². The summed E-state index contributed by atoms with van der Waals surface area (Å²) in [7, 11) is 0. The highest BCUT2D eigenvalue weighted by atomic mass is 15.2. The molecular formula is C6H14N2. The Kier molecular flexibility index (Phi) is 2.30. The van der Waals surface area contributed by atoms with Gasteiger partial charge in [0, 0.05) is 6.67 Å². The largest absolute Gasteiger partial charge is 0.318 e. The van der Waals surface area contributed by atoms with Crippen molar-refractivity contribution in [3.63, 3.8) is 0 Å². The Morgan fingerprint density at radius 1 is 1.12 bits per heavy atom. The van der Waals surface area contributed by atoms with Crippen LogP contribution in [-0.4, -0.2) is 24.7 Å². The van der Waals surface area contributed by atoms with Gasteiger partial charge in [0.15, 0.2) is 0 Å². The highest BCUT2D eigenvalue weighted by Gasteiger charge is 2.05. The molecule has 0 aliphatic carbocycles.